The Labute approximate surface area is 219 Å². The summed E-state index contributed by atoms with van der Waals surface area (Å²) in [6, 6.07) is 20.4. The second-order valence-corrected chi connectivity index (χ2v) is 10.0. The number of thiocarbonyl (C=S) groups is 1. The summed E-state index contributed by atoms with van der Waals surface area (Å²) in [6.45, 7) is 3.81. The van der Waals surface area contributed by atoms with E-state index in [1.807, 2.05) is 49.4 Å². The summed E-state index contributed by atoms with van der Waals surface area (Å²) < 4.78 is 6.16. The summed E-state index contributed by atoms with van der Waals surface area (Å²) in [5.74, 6) is 0.0601. The van der Waals surface area contributed by atoms with E-state index < -0.39 is 0 Å². The van der Waals surface area contributed by atoms with Crippen LogP contribution in [-0.4, -0.2) is 22.7 Å². The Morgan fingerprint density at radius 1 is 1.14 bits per heavy atom. The van der Waals surface area contributed by atoms with Crippen LogP contribution in [0.5, 0.6) is 5.75 Å². The van der Waals surface area contributed by atoms with E-state index in [0.717, 1.165) is 23.2 Å². The second-order valence-electron chi connectivity index (χ2n) is 7.91. The lowest BCUT2D eigenvalue weighted by molar-refractivity contribution is -0.118. The summed E-state index contributed by atoms with van der Waals surface area (Å²) in [5.41, 5.74) is 4.28. The van der Waals surface area contributed by atoms with E-state index in [-0.39, 0.29) is 18.4 Å². The fraction of sp³-hybridized carbons (Fsp3) is 0.148. The van der Waals surface area contributed by atoms with E-state index in [4.69, 9.17) is 28.6 Å². The van der Waals surface area contributed by atoms with Gasteiger partial charge >= 0.3 is 0 Å². The number of thioether (sulfide) groups is 1. The molecule has 35 heavy (non-hydrogen) atoms. The molecule has 4 rings (SSSR count). The Balaban J connectivity index is 1.42. The quantitative estimate of drug-likeness (QED) is 0.278. The SMILES string of the molecule is CCc1ccc(N2C(=O)/C(=C/c3cccc(OCC(=O)Nc4cc(Cl)ccc4C)c3)SC2=S)cc1. The van der Waals surface area contributed by atoms with Crippen LogP contribution in [0.4, 0.5) is 11.4 Å². The van der Waals surface area contributed by atoms with E-state index in [9.17, 15) is 9.59 Å². The number of nitrogens with zero attached hydrogens (tertiary/aromatic N) is 1. The van der Waals surface area contributed by atoms with Gasteiger partial charge in [0.15, 0.2) is 10.9 Å². The third-order valence-electron chi connectivity index (χ3n) is 5.40. The van der Waals surface area contributed by atoms with Crippen molar-refractivity contribution < 1.29 is 14.3 Å². The molecule has 178 valence electrons. The van der Waals surface area contributed by atoms with Crippen LogP contribution in [0.25, 0.3) is 6.08 Å². The summed E-state index contributed by atoms with van der Waals surface area (Å²) in [6.07, 6.45) is 2.71. The standard InChI is InChI=1S/C27H23ClN2O3S2/c1-3-18-8-11-21(12-9-18)30-26(32)24(35-27(30)34)14-19-5-4-6-22(13-19)33-16-25(31)29-23-15-20(28)10-7-17(23)2/h4-15H,3,16H2,1-2H3,(H,29,31)/b24-14-. The zero-order valence-corrected chi connectivity index (χ0v) is 21.6. The van der Waals surface area contributed by atoms with Gasteiger partial charge in [-0.05, 0) is 72.5 Å². The lowest BCUT2D eigenvalue weighted by Gasteiger charge is -2.14. The highest BCUT2D eigenvalue weighted by atomic mass is 35.5. The van der Waals surface area contributed by atoms with Gasteiger partial charge in [0.1, 0.15) is 5.75 Å². The predicted octanol–water partition coefficient (Wildman–Crippen LogP) is 6.63. The van der Waals surface area contributed by atoms with Gasteiger partial charge in [-0.25, -0.2) is 0 Å². The van der Waals surface area contributed by atoms with Crippen LogP contribution in [0.15, 0.2) is 71.6 Å². The van der Waals surface area contributed by atoms with Crippen molar-refractivity contribution in [2.75, 3.05) is 16.8 Å². The number of carbonyl (C=O) groups is 2. The second kappa shape index (κ2) is 11.1. The van der Waals surface area contributed by atoms with Gasteiger partial charge in [0.05, 0.1) is 10.6 Å². The van der Waals surface area contributed by atoms with Crippen LogP contribution < -0.4 is 15.0 Å². The molecule has 1 aliphatic heterocycles. The Hall–Kier alpha value is -3.13. The minimum Gasteiger partial charge on any atom is -0.484 e. The van der Waals surface area contributed by atoms with E-state index >= 15 is 0 Å². The number of nitrogens with one attached hydrogen (secondary N) is 1. The fourth-order valence-electron chi connectivity index (χ4n) is 3.48. The number of hydrogen-bond donors (Lipinski definition) is 1. The largest absolute Gasteiger partial charge is 0.484 e. The van der Waals surface area contributed by atoms with Crippen molar-refractivity contribution in [2.45, 2.75) is 20.3 Å². The zero-order chi connectivity index (χ0) is 24.9. The fourth-order valence-corrected chi connectivity index (χ4v) is 4.95. The minimum atomic E-state index is -0.296. The molecule has 3 aromatic rings. The van der Waals surface area contributed by atoms with Crippen LogP contribution >= 0.6 is 35.6 Å². The Kier molecular flexibility index (Phi) is 7.90. The molecule has 1 aliphatic rings. The summed E-state index contributed by atoms with van der Waals surface area (Å²) in [4.78, 5) is 27.5. The topological polar surface area (TPSA) is 58.6 Å². The molecule has 0 radical (unpaired) electrons. The maximum absolute atomic E-state index is 13.1. The van der Waals surface area contributed by atoms with E-state index in [2.05, 4.69) is 12.2 Å². The van der Waals surface area contributed by atoms with Gasteiger partial charge < -0.3 is 10.1 Å². The molecule has 0 spiro atoms. The van der Waals surface area contributed by atoms with Crippen molar-refractivity contribution in [3.8, 4) is 5.75 Å². The molecule has 0 atom stereocenters. The lowest BCUT2D eigenvalue weighted by Crippen LogP contribution is -2.27. The number of anilines is 2. The monoisotopic (exact) mass is 522 g/mol. The van der Waals surface area contributed by atoms with Crippen LogP contribution in [0.1, 0.15) is 23.6 Å². The van der Waals surface area contributed by atoms with Gasteiger partial charge in [0.2, 0.25) is 0 Å². The number of aryl methyl sites for hydroxylation is 2. The number of carbonyl (C=O) groups excluding carboxylic acids is 2. The molecule has 1 saturated heterocycles. The summed E-state index contributed by atoms with van der Waals surface area (Å²) in [7, 11) is 0. The number of rotatable bonds is 7. The number of ether oxygens (including phenoxy) is 1. The molecule has 1 fully saturated rings. The third-order valence-corrected chi connectivity index (χ3v) is 6.93. The van der Waals surface area contributed by atoms with Crippen molar-refractivity contribution in [1.82, 2.24) is 0 Å². The first-order valence-electron chi connectivity index (χ1n) is 11.0. The average molecular weight is 523 g/mol. The molecule has 0 aliphatic carbocycles. The maximum Gasteiger partial charge on any atom is 0.270 e. The minimum absolute atomic E-state index is 0.160. The van der Waals surface area contributed by atoms with Crippen LogP contribution in [0.2, 0.25) is 5.02 Å². The van der Waals surface area contributed by atoms with E-state index in [0.29, 0.717) is 25.7 Å². The van der Waals surface area contributed by atoms with Crippen molar-refractivity contribution >= 4 is 69.2 Å². The van der Waals surface area contributed by atoms with Gasteiger partial charge in [-0.2, -0.15) is 0 Å². The normalized spacial score (nSPS) is 14.5. The smallest absolute Gasteiger partial charge is 0.270 e. The Morgan fingerprint density at radius 3 is 2.66 bits per heavy atom. The molecule has 0 aromatic heterocycles. The van der Waals surface area contributed by atoms with Crippen LogP contribution in [0, 0.1) is 6.92 Å². The molecule has 0 bridgehead atoms. The first-order valence-corrected chi connectivity index (χ1v) is 12.6. The van der Waals surface area contributed by atoms with Crippen LogP contribution in [-0.2, 0) is 16.0 Å². The zero-order valence-electron chi connectivity index (χ0n) is 19.2. The summed E-state index contributed by atoms with van der Waals surface area (Å²) >= 11 is 12.7. The number of amides is 2. The molecule has 5 nitrogen and oxygen atoms in total. The maximum atomic E-state index is 13.1. The summed E-state index contributed by atoms with van der Waals surface area (Å²) in [5, 5.41) is 3.35. The molecule has 0 unspecified atom stereocenters. The predicted molar refractivity (Wildman–Crippen MR) is 148 cm³/mol. The van der Waals surface area contributed by atoms with Gasteiger partial charge in [-0.15, -0.1) is 0 Å². The van der Waals surface area contributed by atoms with Gasteiger partial charge in [0, 0.05) is 10.7 Å². The van der Waals surface area contributed by atoms with Crippen molar-refractivity contribution in [2.24, 2.45) is 0 Å². The molecule has 0 saturated carbocycles. The number of hydrogen-bond acceptors (Lipinski definition) is 5. The number of benzene rings is 3. The molecule has 8 heteroatoms. The molecule has 1 heterocycles. The lowest BCUT2D eigenvalue weighted by atomic mass is 10.1. The highest BCUT2D eigenvalue weighted by Crippen LogP contribution is 2.36. The Morgan fingerprint density at radius 2 is 1.91 bits per heavy atom. The molecule has 3 aromatic carbocycles. The average Bonchev–Trinajstić information content (AvgIpc) is 3.13. The van der Waals surface area contributed by atoms with Crippen molar-refractivity contribution in [3.05, 3.63) is 93.3 Å². The molecule has 1 N–H and O–H groups in total. The first kappa shape index (κ1) is 25.0. The van der Waals surface area contributed by atoms with Crippen LogP contribution in [0.3, 0.4) is 0 Å². The van der Waals surface area contributed by atoms with Crippen molar-refractivity contribution in [3.63, 3.8) is 0 Å². The molecule has 2 amide bonds. The number of halogens is 1. The first-order chi connectivity index (χ1) is 16.8. The van der Waals surface area contributed by atoms with E-state index in [1.54, 1.807) is 35.2 Å². The van der Waals surface area contributed by atoms with Gasteiger partial charge in [0.25, 0.3) is 11.8 Å². The van der Waals surface area contributed by atoms with E-state index in [1.165, 1.54) is 17.3 Å². The Bertz CT molecular complexity index is 1320. The molecular formula is C27H23ClN2O3S2. The van der Waals surface area contributed by atoms with Gasteiger partial charge in [-0.3, -0.25) is 14.5 Å². The highest BCUT2D eigenvalue weighted by Gasteiger charge is 2.33. The highest BCUT2D eigenvalue weighted by molar-refractivity contribution is 8.27. The molecular weight excluding hydrogens is 500 g/mol. The third kappa shape index (κ3) is 6.11. The van der Waals surface area contributed by atoms with Gasteiger partial charge in [-0.1, -0.05) is 72.8 Å². The van der Waals surface area contributed by atoms with Crippen molar-refractivity contribution in [1.29, 1.82) is 0 Å².